The number of carbonyl (C=O) groups excluding carboxylic acids is 2. The Kier molecular flexibility index (Phi) is 4.47. The molecule has 1 unspecified atom stereocenters. The number of esters is 2. The molecule has 1 atom stereocenters. The molecule has 0 bridgehead atoms. The van der Waals surface area contributed by atoms with Crippen LogP contribution in [0.4, 0.5) is 0 Å². The molecule has 0 fully saturated rings. The van der Waals surface area contributed by atoms with Crippen LogP contribution in [-0.4, -0.2) is 29.8 Å². The topological polar surface area (TPSA) is 72.8 Å². The molecule has 1 rings (SSSR count). The second-order valence-electron chi connectivity index (χ2n) is 3.07. The minimum absolute atomic E-state index is 0.376. The van der Waals surface area contributed by atoms with Gasteiger partial charge in [-0.3, -0.25) is 0 Å². The maximum absolute atomic E-state index is 11.2. The average molecular weight is 224 g/mol. The van der Waals surface area contributed by atoms with Crippen LogP contribution in [0.3, 0.4) is 0 Å². The van der Waals surface area contributed by atoms with E-state index >= 15 is 0 Å². The number of ether oxygens (including phenoxy) is 2. The Morgan fingerprint density at radius 3 is 2.50 bits per heavy atom. The molecule has 0 spiro atoms. The lowest BCUT2D eigenvalue weighted by Gasteiger charge is -2.06. The fourth-order valence-corrected chi connectivity index (χ4v) is 0.900. The first kappa shape index (κ1) is 12.2. The summed E-state index contributed by atoms with van der Waals surface area (Å²) in [7, 11) is 0. The maximum Gasteiger partial charge on any atom is 0.349 e. The van der Waals surface area contributed by atoms with Crippen molar-refractivity contribution in [1.82, 2.24) is 0 Å². The molecular weight excluding hydrogens is 212 g/mol. The molecule has 0 aliphatic rings. The van der Waals surface area contributed by atoms with E-state index in [4.69, 9.17) is 9.84 Å². The second kappa shape index (κ2) is 5.87. The van der Waals surface area contributed by atoms with Gasteiger partial charge in [0.05, 0.1) is 0 Å². The van der Waals surface area contributed by atoms with Crippen LogP contribution in [0, 0.1) is 0 Å². The second-order valence-corrected chi connectivity index (χ2v) is 3.07. The van der Waals surface area contributed by atoms with Crippen molar-refractivity contribution in [2.75, 3.05) is 6.61 Å². The molecule has 1 N–H and O–H groups in total. The summed E-state index contributed by atoms with van der Waals surface area (Å²) in [4.78, 5) is 22.0. The third-order valence-corrected chi connectivity index (χ3v) is 1.65. The molecule has 0 radical (unpaired) electrons. The van der Waals surface area contributed by atoms with E-state index in [0.29, 0.717) is 5.75 Å². The number of hydrogen-bond donors (Lipinski definition) is 1. The minimum atomic E-state index is -1.25. The Balaban J connectivity index is 2.35. The zero-order valence-electron chi connectivity index (χ0n) is 8.75. The van der Waals surface area contributed by atoms with Crippen LogP contribution in [0.2, 0.25) is 0 Å². The molecule has 5 nitrogen and oxygen atoms in total. The highest BCUT2D eigenvalue weighted by molar-refractivity contribution is 5.79. The van der Waals surface area contributed by atoms with Gasteiger partial charge >= 0.3 is 11.9 Å². The molecule has 5 heteroatoms. The Bertz CT molecular complexity index is 358. The lowest BCUT2D eigenvalue weighted by atomic mass is 10.3. The summed E-state index contributed by atoms with van der Waals surface area (Å²) in [6.45, 7) is 0.740. The van der Waals surface area contributed by atoms with Crippen molar-refractivity contribution in [3.63, 3.8) is 0 Å². The van der Waals surface area contributed by atoms with Crippen molar-refractivity contribution in [3.8, 4) is 5.75 Å². The van der Waals surface area contributed by atoms with Crippen LogP contribution in [-0.2, 0) is 14.3 Å². The van der Waals surface area contributed by atoms with Crippen LogP contribution in [0.15, 0.2) is 30.3 Å². The Morgan fingerprint density at radius 1 is 1.31 bits per heavy atom. The molecule has 0 heterocycles. The quantitative estimate of drug-likeness (QED) is 0.596. The fraction of sp³-hybridized carbons (Fsp3) is 0.273. The van der Waals surface area contributed by atoms with Gasteiger partial charge in [0.15, 0.2) is 6.61 Å². The Morgan fingerprint density at radius 2 is 1.94 bits per heavy atom. The van der Waals surface area contributed by atoms with Crippen LogP contribution < -0.4 is 4.74 Å². The molecule has 0 amide bonds. The highest BCUT2D eigenvalue weighted by Gasteiger charge is 2.13. The van der Waals surface area contributed by atoms with Crippen LogP contribution in [0.5, 0.6) is 5.75 Å². The molecular formula is C11H12O5. The standard InChI is InChI=1S/C11H12O5/c1-8(12)11(14)15-7-10(13)16-9-5-3-2-4-6-9/h2-6,8,12H,7H2,1H3. The van der Waals surface area contributed by atoms with Crippen molar-refractivity contribution in [2.24, 2.45) is 0 Å². The zero-order chi connectivity index (χ0) is 12.0. The van der Waals surface area contributed by atoms with E-state index in [1.807, 2.05) is 0 Å². The molecule has 1 aromatic rings. The van der Waals surface area contributed by atoms with E-state index < -0.39 is 24.6 Å². The number of hydrogen-bond acceptors (Lipinski definition) is 5. The van der Waals surface area contributed by atoms with E-state index in [9.17, 15) is 9.59 Å². The normalized spacial score (nSPS) is 11.6. The summed E-state index contributed by atoms with van der Waals surface area (Å²) in [6, 6.07) is 8.42. The predicted octanol–water partition coefficient (Wildman–Crippen LogP) is 0.516. The van der Waals surface area contributed by atoms with Crippen molar-refractivity contribution >= 4 is 11.9 Å². The summed E-state index contributed by atoms with van der Waals surface area (Å²) in [6.07, 6.45) is -1.25. The summed E-state index contributed by atoms with van der Waals surface area (Å²) in [5.74, 6) is -1.18. The van der Waals surface area contributed by atoms with Gasteiger partial charge in [-0.05, 0) is 19.1 Å². The molecule has 0 saturated heterocycles. The number of para-hydroxylation sites is 1. The number of rotatable bonds is 4. The Labute approximate surface area is 92.6 Å². The lowest BCUT2D eigenvalue weighted by molar-refractivity contribution is -0.159. The third-order valence-electron chi connectivity index (χ3n) is 1.65. The van der Waals surface area contributed by atoms with Gasteiger partial charge in [0, 0.05) is 0 Å². The molecule has 1 aromatic carbocycles. The summed E-state index contributed by atoms with van der Waals surface area (Å²) in [5.41, 5.74) is 0. The van der Waals surface area contributed by atoms with Crippen LogP contribution in [0.25, 0.3) is 0 Å². The predicted molar refractivity (Wildman–Crippen MR) is 54.7 cm³/mol. The highest BCUT2D eigenvalue weighted by atomic mass is 16.6. The van der Waals surface area contributed by atoms with E-state index in [1.165, 1.54) is 6.92 Å². The molecule has 0 aromatic heterocycles. The van der Waals surface area contributed by atoms with Crippen molar-refractivity contribution < 1.29 is 24.2 Å². The van der Waals surface area contributed by atoms with Gasteiger partial charge in [-0.1, -0.05) is 18.2 Å². The van der Waals surface area contributed by atoms with Crippen LogP contribution in [0.1, 0.15) is 6.92 Å². The molecule has 0 aliphatic heterocycles. The lowest BCUT2D eigenvalue weighted by Crippen LogP contribution is -2.24. The maximum atomic E-state index is 11.2. The van der Waals surface area contributed by atoms with E-state index in [0.717, 1.165) is 0 Å². The van der Waals surface area contributed by atoms with E-state index in [-0.39, 0.29) is 0 Å². The van der Waals surface area contributed by atoms with Gasteiger partial charge in [-0.2, -0.15) is 0 Å². The first-order chi connectivity index (χ1) is 7.59. The molecule has 86 valence electrons. The number of aliphatic hydroxyl groups is 1. The third kappa shape index (κ3) is 4.10. The van der Waals surface area contributed by atoms with Gasteiger partial charge in [-0.15, -0.1) is 0 Å². The summed E-state index contributed by atoms with van der Waals surface area (Å²) < 4.78 is 9.32. The van der Waals surface area contributed by atoms with Gasteiger partial charge < -0.3 is 14.6 Å². The van der Waals surface area contributed by atoms with Crippen molar-refractivity contribution in [3.05, 3.63) is 30.3 Å². The SMILES string of the molecule is CC(O)C(=O)OCC(=O)Oc1ccccc1. The minimum Gasteiger partial charge on any atom is -0.452 e. The van der Waals surface area contributed by atoms with Crippen LogP contribution >= 0.6 is 0 Å². The van der Waals surface area contributed by atoms with E-state index in [2.05, 4.69) is 4.74 Å². The number of benzene rings is 1. The first-order valence-electron chi connectivity index (χ1n) is 4.70. The zero-order valence-corrected chi connectivity index (χ0v) is 8.75. The first-order valence-corrected chi connectivity index (χ1v) is 4.70. The van der Waals surface area contributed by atoms with Crippen molar-refractivity contribution in [1.29, 1.82) is 0 Å². The highest BCUT2D eigenvalue weighted by Crippen LogP contribution is 2.08. The molecule has 16 heavy (non-hydrogen) atoms. The monoisotopic (exact) mass is 224 g/mol. The van der Waals surface area contributed by atoms with Crippen molar-refractivity contribution in [2.45, 2.75) is 13.0 Å². The molecule has 0 saturated carbocycles. The van der Waals surface area contributed by atoms with Gasteiger partial charge in [0.1, 0.15) is 11.9 Å². The number of carbonyl (C=O) groups is 2. The fourth-order valence-electron chi connectivity index (χ4n) is 0.900. The Hall–Kier alpha value is -1.88. The molecule has 0 aliphatic carbocycles. The van der Waals surface area contributed by atoms with Gasteiger partial charge in [0.25, 0.3) is 0 Å². The average Bonchev–Trinajstić information content (AvgIpc) is 2.27. The number of aliphatic hydroxyl groups excluding tert-OH is 1. The van der Waals surface area contributed by atoms with E-state index in [1.54, 1.807) is 30.3 Å². The van der Waals surface area contributed by atoms with Gasteiger partial charge in [0.2, 0.25) is 0 Å². The smallest absolute Gasteiger partial charge is 0.349 e. The van der Waals surface area contributed by atoms with Gasteiger partial charge in [-0.25, -0.2) is 9.59 Å². The summed E-state index contributed by atoms with van der Waals surface area (Å²) >= 11 is 0. The summed E-state index contributed by atoms with van der Waals surface area (Å²) in [5, 5.41) is 8.80. The largest absolute Gasteiger partial charge is 0.452 e.